The Hall–Kier alpha value is -3.77. The summed E-state index contributed by atoms with van der Waals surface area (Å²) in [6.07, 6.45) is -2.17. The molecule has 146 valence electrons. The lowest BCUT2D eigenvalue weighted by atomic mass is 9.93. The summed E-state index contributed by atoms with van der Waals surface area (Å²) in [5.74, 6) is 4.97. The fourth-order valence-corrected chi connectivity index (χ4v) is 2.74. The molecule has 0 fully saturated rings. The molecule has 0 aliphatic heterocycles. The van der Waals surface area contributed by atoms with E-state index in [9.17, 15) is 18.3 Å². The largest absolute Gasteiger partial charge is 0.461 e. The van der Waals surface area contributed by atoms with Crippen molar-refractivity contribution in [2.45, 2.75) is 11.8 Å². The van der Waals surface area contributed by atoms with E-state index < -0.39 is 11.8 Å². The molecular weight excluding hydrogens is 385 g/mol. The second kappa shape index (κ2) is 6.68. The van der Waals surface area contributed by atoms with Crippen LogP contribution in [-0.4, -0.2) is 25.9 Å². The summed E-state index contributed by atoms with van der Waals surface area (Å²) < 4.78 is 47.2. The Labute approximate surface area is 162 Å². The van der Waals surface area contributed by atoms with Gasteiger partial charge in [-0.15, -0.1) is 5.10 Å². The highest BCUT2D eigenvalue weighted by molar-refractivity contribution is 5.69. The zero-order valence-corrected chi connectivity index (χ0v) is 14.7. The average Bonchev–Trinajstić information content (AvgIpc) is 3.35. The van der Waals surface area contributed by atoms with Crippen molar-refractivity contribution in [3.63, 3.8) is 0 Å². The van der Waals surface area contributed by atoms with E-state index in [1.165, 1.54) is 35.2 Å². The number of hydrogen-bond acceptors (Lipinski definition) is 5. The SMILES string of the molecule is Nc1cc(C#CC(O)(c2ccccc2)C(F)(F)F)cn2nc(-c3ccco3)nc12. The van der Waals surface area contributed by atoms with Crippen molar-refractivity contribution in [2.24, 2.45) is 0 Å². The molecule has 0 bridgehead atoms. The van der Waals surface area contributed by atoms with Gasteiger partial charge in [0.15, 0.2) is 11.4 Å². The number of nitrogen functional groups attached to an aromatic ring is 1. The molecule has 3 aromatic heterocycles. The number of halogens is 3. The first-order valence-electron chi connectivity index (χ1n) is 8.35. The molecule has 1 unspecified atom stereocenters. The highest BCUT2D eigenvalue weighted by atomic mass is 19.4. The average molecular weight is 398 g/mol. The van der Waals surface area contributed by atoms with Gasteiger partial charge in [-0.2, -0.15) is 13.2 Å². The van der Waals surface area contributed by atoms with E-state index in [1.807, 2.05) is 5.92 Å². The molecule has 0 amide bonds. The number of nitrogens with zero attached hydrogens (tertiary/aromatic N) is 3. The molecule has 1 atom stereocenters. The lowest BCUT2D eigenvalue weighted by Crippen LogP contribution is -2.41. The molecule has 0 spiro atoms. The third kappa shape index (κ3) is 3.30. The maximum Gasteiger partial charge on any atom is 0.433 e. The van der Waals surface area contributed by atoms with Crippen molar-refractivity contribution in [1.29, 1.82) is 0 Å². The molecule has 0 aliphatic carbocycles. The van der Waals surface area contributed by atoms with E-state index in [2.05, 4.69) is 16.0 Å². The number of hydrogen-bond donors (Lipinski definition) is 2. The molecule has 0 saturated carbocycles. The lowest BCUT2D eigenvalue weighted by molar-refractivity contribution is -0.240. The van der Waals surface area contributed by atoms with Crippen LogP contribution in [0.4, 0.5) is 18.9 Å². The van der Waals surface area contributed by atoms with E-state index in [1.54, 1.807) is 18.2 Å². The topological polar surface area (TPSA) is 89.6 Å². The van der Waals surface area contributed by atoms with Gasteiger partial charge < -0.3 is 15.3 Å². The number of nitrogens with two attached hydrogens (primary N) is 1. The van der Waals surface area contributed by atoms with Crippen molar-refractivity contribution in [1.82, 2.24) is 14.6 Å². The summed E-state index contributed by atoms with van der Waals surface area (Å²) in [4.78, 5) is 4.25. The highest BCUT2D eigenvalue weighted by Crippen LogP contribution is 2.38. The van der Waals surface area contributed by atoms with Gasteiger partial charge in [0.25, 0.3) is 0 Å². The summed E-state index contributed by atoms with van der Waals surface area (Å²) >= 11 is 0. The first kappa shape index (κ1) is 18.6. The van der Waals surface area contributed by atoms with E-state index in [4.69, 9.17) is 10.2 Å². The Balaban J connectivity index is 1.79. The van der Waals surface area contributed by atoms with Gasteiger partial charge in [-0.3, -0.25) is 0 Å². The van der Waals surface area contributed by atoms with Gasteiger partial charge in [-0.1, -0.05) is 36.3 Å². The lowest BCUT2D eigenvalue weighted by Gasteiger charge is -2.25. The Morgan fingerprint density at radius 1 is 1.10 bits per heavy atom. The molecule has 9 heteroatoms. The van der Waals surface area contributed by atoms with Gasteiger partial charge >= 0.3 is 6.18 Å². The van der Waals surface area contributed by atoms with Crippen LogP contribution in [-0.2, 0) is 5.60 Å². The molecule has 3 N–H and O–H groups in total. The van der Waals surface area contributed by atoms with Gasteiger partial charge in [0.1, 0.15) is 0 Å². The quantitative estimate of drug-likeness (QED) is 0.506. The van der Waals surface area contributed by atoms with Crippen LogP contribution in [0.1, 0.15) is 11.1 Å². The van der Waals surface area contributed by atoms with Gasteiger partial charge in [-0.25, -0.2) is 9.50 Å². The third-order valence-corrected chi connectivity index (χ3v) is 4.19. The molecule has 3 heterocycles. The van der Waals surface area contributed by atoms with E-state index in [-0.39, 0.29) is 22.6 Å². The summed E-state index contributed by atoms with van der Waals surface area (Å²) in [5.41, 5.74) is 2.84. The fraction of sp³-hybridized carbons (Fsp3) is 0.100. The monoisotopic (exact) mass is 398 g/mol. The Morgan fingerprint density at radius 3 is 2.52 bits per heavy atom. The summed E-state index contributed by atoms with van der Waals surface area (Å²) in [6, 6.07) is 11.3. The van der Waals surface area contributed by atoms with Crippen molar-refractivity contribution >= 4 is 11.3 Å². The molecular formula is C20H13F3N4O2. The number of alkyl halides is 3. The van der Waals surface area contributed by atoms with Crippen LogP contribution in [0.25, 0.3) is 17.2 Å². The summed E-state index contributed by atoms with van der Waals surface area (Å²) in [6.45, 7) is 0. The van der Waals surface area contributed by atoms with Crippen molar-refractivity contribution in [2.75, 3.05) is 5.73 Å². The minimum atomic E-state index is -5.00. The predicted molar refractivity (Wildman–Crippen MR) is 98.4 cm³/mol. The molecule has 0 saturated heterocycles. The number of anilines is 1. The number of furan rings is 1. The first-order chi connectivity index (χ1) is 13.8. The molecule has 1 aromatic carbocycles. The smallest absolute Gasteiger partial charge is 0.433 e. The normalized spacial score (nSPS) is 13.7. The van der Waals surface area contributed by atoms with Crippen molar-refractivity contribution < 1.29 is 22.7 Å². The van der Waals surface area contributed by atoms with Crippen LogP contribution in [0.3, 0.4) is 0 Å². The number of aliphatic hydroxyl groups is 1. The minimum Gasteiger partial charge on any atom is -0.461 e. The fourth-order valence-electron chi connectivity index (χ4n) is 2.74. The van der Waals surface area contributed by atoms with E-state index >= 15 is 0 Å². The second-order valence-corrected chi connectivity index (χ2v) is 6.19. The summed E-state index contributed by atoms with van der Waals surface area (Å²) in [5, 5.41) is 14.5. The molecule has 6 nitrogen and oxygen atoms in total. The number of benzene rings is 1. The predicted octanol–water partition coefficient (Wildman–Crippen LogP) is 3.37. The van der Waals surface area contributed by atoms with Crippen molar-refractivity contribution in [3.05, 3.63) is 72.1 Å². The highest BCUT2D eigenvalue weighted by Gasteiger charge is 2.54. The number of fused-ring (bicyclic) bond motifs is 1. The minimum absolute atomic E-state index is 0.129. The molecule has 0 radical (unpaired) electrons. The number of rotatable bonds is 2. The van der Waals surface area contributed by atoms with Crippen LogP contribution >= 0.6 is 0 Å². The van der Waals surface area contributed by atoms with Crippen LogP contribution < -0.4 is 5.73 Å². The first-order valence-corrected chi connectivity index (χ1v) is 8.35. The number of aromatic nitrogens is 3. The molecule has 29 heavy (non-hydrogen) atoms. The van der Waals surface area contributed by atoms with Crippen LogP contribution in [0.5, 0.6) is 0 Å². The number of pyridine rings is 1. The van der Waals surface area contributed by atoms with Crippen molar-refractivity contribution in [3.8, 4) is 23.4 Å². The molecule has 4 rings (SSSR count). The maximum absolute atomic E-state index is 13.6. The van der Waals surface area contributed by atoms with Gasteiger partial charge in [-0.05, 0) is 24.1 Å². The second-order valence-electron chi connectivity index (χ2n) is 6.19. The third-order valence-electron chi connectivity index (χ3n) is 4.19. The van der Waals surface area contributed by atoms with Crippen LogP contribution in [0.15, 0.2) is 65.4 Å². The zero-order valence-electron chi connectivity index (χ0n) is 14.7. The van der Waals surface area contributed by atoms with E-state index in [0.29, 0.717) is 11.4 Å². The van der Waals surface area contributed by atoms with Gasteiger partial charge in [0.2, 0.25) is 11.4 Å². The summed E-state index contributed by atoms with van der Waals surface area (Å²) in [7, 11) is 0. The van der Waals surface area contributed by atoms with Gasteiger partial charge in [0.05, 0.1) is 12.0 Å². The Bertz CT molecular complexity index is 1220. The zero-order chi connectivity index (χ0) is 20.6. The maximum atomic E-state index is 13.6. The molecule has 0 aliphatic rings. The standard InChI is InChI=1S/C20H13F3N4O2/c21-20(22,23)19(28,14-5-2-1-3-6-14)9-8-13-11-15(24)18-25-17(26-27(18)12-13)16-7-4-10-29-16/h1-7,10-12,28H,24H2. The van der Waals surface area contributed by atoms with Crippen LogP contribution in [0, 0.1) is 11.8 Å². The Kier molecular flexibility index (Phi) is 4.28. The Morgan fingerprint density at radius 2 is 1.86 bits per heavy atom. The van der Waals surface area contributed by atoms with Crippen LogP contribution in [0.2, 0.25) is 0 Å². The van der Waals surface area contributed by atoms with Gasteiger partial charge in [0, 0.05) is 17.3 Å². The van der Waals surface area contributed by atoms with E-state index in [0.717, 1.165) is 12.1 Å². The molecule has 4 aromatic rings.